The van der Waals surface area contributed by atoms with Crippen LogP contribution < -0.4 is 0 Å². The van der Waals surface area contributed by atoms with Gasteiger partial charge in [0.1, 0.15) is 0 Å². The van der Waals surface area contributed by atoms with Crippen molar-refractivity contribution in [3.8, 4) is 0 Å². The topological polar surface area (TPSA) is 70.2 Å². The molecule has 4 aliphatic rings. The van der Waals surface area contributed by atoms with Crippen LogP contribution >= 0.6 is 0 Å². The molecule has 2 saturated heterocycles. The number of nitrogens with zero attached hydrogens (tertiary/aromatic N) is 3. The summed E-state index contributed by atoms with van der Waals surface area (Å²) in [7, 11) is -3.48. The monoisotopic (exact) mass is 399 g/mol. The van der Waals surface area contributed by atoms with Crippen LogP contribution in [0.4, 0.5) is 0 Å². The van der Waals surface area contributed by atoms with Gasteiger partial charge in [-0.15, -0.1) is 0 Å². The van der Waals surface area contributed by atoms with Crippen molar-refractivity contribution in [2.75, 3.05) is 39.3 Å². The van der Waals surface area contributed by atoms with E-state index in [2.05, 4.69) is 0 Å². The highest BCUT2D eigenvalue weighted by Gasteiger charge is 2.41. The summed E-state index contributed by atoms with van der Waals surface area (Å²) in [6, 6.07) is 0. The number of hydrogen-bond acceptors (Lipinski definition) is 4. The van der Waals surface area contributed by atoms with Crippen LogP contribution in [0, 0.1) is 17.8 Å². The highest BCUT2D eigenvalue weighted by Crippen LogP contribution is 2.49. The third kappa shape index (κ3) is 4.04. The lowest BCUT2D eigenvalue weighted by Gasteiger charge is -2.40. The second kappa shape index (κ2) is 7.61. The number of ether oxygens (including phenoxy) is 1. The Bertz CT molecular complexity index is 652. The third-order valence-corrected chi connectivity index (χ3v) is 8.92. The van der Waals surface area contributed by atoms with Crippen LogP contribution in [0.15, 0.2) is 0 Å². The van der Waals surface area contributed by atoms with Crippen molar-refractivity contribution in [3.63, 3.8) is 0 Å². The number of amides is 1. The fraction of sp³-hybridized carbons (Fsp3) is 0.947. The van der Waals surface area contributed by atoms with Gasteiger partial charge in [-0.2, -0.15) is 17.0 Å². The number of carbonyl (C=O) groups is 1. The Balaban J connectivity index is 1.29. The summed E-state index contributed by atoms with van der Waals surface area (Å²) >= 11 is 0. The predicted octanol–water partition coefficient (Wildman–Crippen LogP) is 1.31. The van der Waals surface area contributed by atoms with Crippen LogP contribution in [0.3, 0.4) is 0 Å². The molecule has 4 rings (SSSR count). The molecule has 0 aromatic heterocycles. The van der Waals surface area contributed by atoms with E-state index in [1.165, 1.54) is 25.7 Å². The van der Waals surface area contributed by atoms with Crippen LogP contribution in [0.5, 0.6) is 0 Å². The standard InChI is InChI=1S/C19H33N3O4S/c1-14-12-22(13-15(2)26-14)27(24,25)21-7-5-20(6-8-21)19(23)11-18-10-16-3-4-17(18)9-16/h14-18H,3-13H2,1-2H3/t14-,15-,16+,17+,18+/m1/s1. The van der Waals surface area contributed by atoms with E-state index >= 15 is 0 Å². The number of hydrogen-bond donors (Lipinski definition) is 0. The van der Waals surface area contributed by atoms with E-state index in [0.29, 0.717) is 51.6 Å². The Hall–Kier alpha value is -0.700. The lowest BCUT2D eigenvalue weighted by Crippen LogP contribution is -2.57. The summed E-state index contributed by atoms with van der Waals surface area (Å²) < 4.78 is 34.7. The van der Waals surface area contributed by atoms with Gasteiger partial charge in [0.05, 0.1) is 12.2 Å². The summed E-state index contributed by atoms with van der Waals surface area (Å²) in [5.41, 5.74) is 0. The van der Waals surface area contributed by atoms with E-state index in [0.717, 1.165) is 11.8 Å². The van der Waals surface area contributed by atoms with E-state index in [9.17, 15) is 13.2 Å². The molecule has 0 aromatic rings. The SMILES string of the molecule is C[C@@H]1CN(S(=O)(=O)N2CCN(C(=O)C[C@@H]3C[C@H]4CC[C@H]3C4)CC2)C[C@@H](C)O1. The first-order valence-corrected chi connectivity index (χ1v) is 11.9. The number of morpholine rings is 1. The van der Waals surface area contributed by atoms with E-state index in [-0.39, 0.29) is 18.1 Å². The largest absolute Gasteiger partial charge is 0.373 e. The van der Waals surface area contributed by atoms with Crippen molar-refractivity contribution in [2.24, 2.45) is 17.8 Å². The lowest BCUT2D eigenvalue weighted by atomic mass is 9.86. The average molecular weight is 400 g/mol. The van der Waals surface area contributed by atoms with Gasteiger partial charge in [-0.3, -0.25) is 4.79 Å². The summed E-state index contributed by atoms with van der Waals surface area (Å²) in [4.78, 5) is 14.6. The number of piperazine rings is 1. The molecule has 2 aliphatic carbocycles. The molecular formula is C19H33N3O4S. The van der Waals surface area contributed by atoms with E-state index in [1.807, 2.05) is 18.7 Å². The Kier molecular flexibility index (Phi) is 5.53. The van der Waals surface area contributed by atoms with Crippen molar-refractivity contribution in [2.45, 2.75) is 58.2 Å². The number of rotatable bonds is 4. The second-order valence-electron chi connectivity index (χ2n) is 9.00. The molecular weight excluding hydrogens is 366 g/mol. The smallest absolute Gasteiger partial charge is 0.282 e. The Morgan fingerprint density at radius 3 is 2.19 bits per heavy atom. The Morgan fingerprint density at radius 1 is 0.963 bits per heavy atom. The first-order chi connectivity index (χ1) is 12.8. The van der Waals surface area contributed by atoms with Crippen LogP contribution in [-0.2, 0) is 19.7 Å². The molecule has 0 unspecified atom stereocenters. The summed E-state index contributed by atoms with van der Waals surface area (Å²) in [6.45, 7) is 6.42. The fourth-order valence-electron chi connectivity index (χ4n) is 5.63. The maximum Gasteiger partial charge on any atom is 0.282 e. The Labute approximate surface area is 163 Å². The Morgan fingerprint density at radius 2 is 1.63 bits per heavy atom. The molecule has 4 fully saturated rings. The van der Waals surface area contributed by atoms with Gasteiger partial charge < -0.3 is 9.64 Å². The van der Waals surface area contributed by atoms with Crippen molar-refractivity contribution >= 4 is 16.1 Å². The highest BCUT2D eigenvalue weighted by atomic mass is 32.2. The van der Waals surface area contributed by atoms with Crippen LogP contribution in [0.25, 0.3) is 0 Å². The molecule has 0 radical (unpaired) electrons. The minimum absolute atomic E-state index is 0.0897. The molecule has 5 atom stereocenters. The first-order valence-electron chi connectivity index (χ1n) is 10.5. The molecule has 1 amide bonds. The van der Waals surface area contributed by atoms with Crippen LogP contribution in [-0.4, -0.2) is 79.3 Å². The maximum atomic E-state index is 13.0. The molecule has 7 nitrogen and oxygen atoms in total. The van der Waals surface area contributed by atoms with Crippen molar-refractivity contribution < 1.29 is 17.9 Å². The van der Waals surface area contributed by atoms with Crippen LogP contribution in [0.1, 0.15) is 46.0 Å². The maximum absolute atomic E-state index is 13.0. The quantitative estimate of drug-likeness (QED) is 0.715. The van der Waals surface area contributed by atoms with Gasteiger partial charge in [-0.05, 0) is 50.9 Å². The molecule has 0 N–H and O–H groups in total. The molecule has 0 aromatic carbocycles. The van der Waals surface area contributed by atoms with Gasteiger partial charge >= 0.3 is 0 Å². The predicted molar refractivity (Wildman–Crippen MR) is 102 cm³/mol. The number of carbonyl (C=O) groups excluding carboxylic acids is 1. The lowest BCUT2D eigenvalue weighted by molar-refractivity contribution is -0.133. The summed E-state index contributed by atoms with van der Waals surface area (Å²) in [5, 5.41) is 0. The normalized spacial score (nSPS) is 38.4. The second-order valence-corrected chi connectivity index (χ2v) is 10.9. The minimum Gasteiger partial charge on any atom is -0.373 e. The van der Waals surface area contributed by atoms with Gasteiger partial charge in [0.2, 0.25) is 5.91 Å². The number of fused-ring (bicyclic) bond motifs is 2. The average Bonchev–Trinajstić information content (AvgIpc) is 3.24. The van der Waals surface area contributed by atoms with Crippen molar-refractivity contribution in [1.82, 2.24) is 13.5 Å². The summed E-state index contributed by atoms with van der Waals surface area (Å²) in [6.07, 6.45) is 5.67. The minimum atomic E-state index is -3.48. The van der Waals surface area contributed by atoms with Crippen LogP contribution in [0.2, 0.25) is 0 Å². The van der Waals surface area contributed by atoms with E-state index in [1.54, 1.807) is 8.61 Å². The van der Waals surface area contributed by atoms with Gasteiger partial charge in [-0.25, -0.2) is 0 Å². The third-order valence-electron chi connectivity index (χ3n) is 6.95. The zero-order valence-corrected chi connectivity index (χ0v) is 17.4. The van der Waals surface area contributed by atoms with Crippen molar-refractivity contribution in [3.05, 3.63) is 0 Å². The molecule has 2 heterocycles. The molecule has 2 saturated carbocycles. The van der Waals surface area contributed by atoms with Crippen molar-refractivity contribution in [1.29, 1.82) is 0 Å². The molecule has 2 bridgehead atoms. The van der Waals surface area contributed by atoms with E-state index in [4.69, 9.17) is 4.74 Å². The molecule has 0 spiro atoms. The van der Waals surface area contributed by atoms with Gasteiger partial charge in [0, 0.05) is 45.7 Å². The zero-order valence-electron chi connectivity index (χ0n) is 16.5. The molecule has 8 heteroatoms. The molecule has 154 valence electrons. The van der Waals surface area contributed by atoms with Gasteiger partial charge in [-0.1, -0.05) is 6.42 Å². The fourth-order valence-corrected chi connectivity index (χ4v) is 7.38. The van der Waals surface area contributed by atoms with Gasteiger partial charge in [0.25, 0.3) is 10.2 Å². The molecule has 27 heavy (non-hydrogen) atoms. The summed E-state index contributed by atoms with van der Waals surface area (Å²) in [5.74, 6) is 2.39. The van der Waals surface area contributed by atoms with Gasteiger partial charge in [0.15, 0.2) is 0 Å². The molecule has 2 aliphatic heterocycles. The first kappa shape index (κ1) is 19.6. The zero-order chi connectivity index (χ0) is 19.2. The van der Waals surface area contributed by atoms with E-state index < -0.39 is 10.2 Å². The highest BCUT2D eigenvalue weighted by molar-refractivity contribution is 7.86.